The van der Waals surface area contributed by atoms with Crippen LogP contribution in [0.5, 0.6) is 11.8 Å². The minimum absolute atomic E-state index is 0.0628. The van der Waals surface area contributed by atoms with Crippen molar-refractivity contribution in [3.05, 3.63) is 24.8 Å². The van der Waals surface area contributed by atoms with E-state index in [-0.39, 0.29) is 12.1 Å². The van der Waals surface area contributed by atoms with Crippen molar-refractivity contribution in [2.75, 3.05) is 26.7 Å². The Morgan fingerprint density at radius 1 is 1.55 bits per heavy atom. The summed E-state index contributed by atoms with van der Waals surface area (Å²) in [6.07, 6.45) is 2.36. The second-order valence-corrected chi connectivity index (χ2v) is 4.36. The van der Waals surface area contributed by atoms with E-state index >= 15 is 0 Å². The van der Waals surface area contributed by atoms with Crippen LogP contribution in [-0.2, 0) is 0 Å². The number of likely N-dealkylation sites (tertiary alicyclic amines) is 1. The van der Waals surface area contributed by atoms with E-state index in [4.69, 9.17) is 9.47 Å². The number of carbonyl (C=O) groups excluding carboxylic acids is 1. The quantitative estimate of drug-likeness (QED) is 0.807. The summed E-state index contributed by atoms with van der Waals surface area (Å²) in [5.74, 6) is 0.873. The number of hydrogen-bond donors (Lipinski definition) is 1. The molecule has 1 aromatic rings. The fraction of sp³-hybridized carbons (Fsp3) is 0.462. The van der Waals surface area contributed by atoms with Gasteiger partial charge >= 0.3 is 6.03 Å². The van der Waals surface area contributed by atoms with Gasteiger partial charge in [0.05, 0.1) is 13.7 Å². The van der Waals surface area contributed by atoms with Gasteiger partial charge in [0.25, 0.3) is 0 Å². The zero-order valence-electron chi connectivity index (χ0n) is 11.4. The Morgan fingerprint density at radius 3 is 2.95 bits per heavy atom. The third-order valence-electron chi connectivity index (χ3n) is 2.94. The normalized spacial score (nSPS) is 17.6. The van der Waals surface area contributed by atoms with Crippen LogP contribution < -0.4 is 14.8 Å². The first kappa shape index (κ1) is 14.1. The van der Waals surface area contributed by atoms with Crippen LogP contribution in [0.25, 0.3) is 0 Å². The average molecular weight is 278 g/mol. The van der Waals surface area contributed by atoms with Gasteiger partial charge in [-0.15, -0.1) is 16.8 Å². The lowest BCUT2D eigenvalue weighted by Gasteiger charge is -2.17. The van der Waals surface area contributed by atoms with Crippen LogP contribution in [0.1, 0.15) is 6.42 Å². The Labute approximate surface area is 117 Å². The average Bonchev–Trinajstić information content (AvgIpc) is 2.94. The fourth-order valence-electron chi connectivity index (χ4n) is 1.93. The van der Waals surface area contributed by atoms with Gasteiger partial charge in [-0.2, -0.15) is 0 Å². The maximum absolute atomic E-state index is 11.8. The molecule has 1 aliphatic rings. The number of aromatic nitrogens is 2. The molecule has 7 heteroatoms. The summed E-state index contributed by atoms with van der Waals surface area (Å²) in [5.41, 5.74) is 0. The summed E-state index contributed by atoms with van der Waals surface area (Å²) >= 11 is 0. The highest BCUT2D eigenvalue weighted by molar-refractivity contribution is 5.74. The van der Waals surface area contributed by atoms with E-state index in [1.807, 2.05) is 0 Å². The molecule has 2 rings (SSSR count). The van der Waals surface area contributed by atoms with E-state index < -0.39 is 0 Å². The first-order valence-corrected chi connectivity index (χ1v) is 6.41. The fourth-order valence-corrected chi connectivity index (χ4v) is 1.93. The Bertz CT molecular complexity index is 463. The highest BCUT2D eigenvalue weighted by Crippen LogP contribution is 2.17. The molecular weight excluding hydrogens is 260 g/mol. The molecule has 1 saturated heterocycles. The topological polar surface area (TPSA) is 76.6 Å². The Kier molecular flexibility index (Phi) is 4.75. The van der Waals surface area contributed by atoms with Crippen molar-refractivity contribution < 1.29 is 14.3 Å². The molecule has 0 aromatic carbocycles. The molecule has 1 aromatic heterocycles. The number of nitrogens with zero attached hydrogens (tertiary/aromatic N) is 3. The van der Waals surface area contributed by atoms with Crippen molar-refractivity contribution in [3.63, 3.8) is 0 Å². The number of carbonyl (C=O) groups is 1. The number of nitrogens with one attached hydrogen (secondary N) is 1. The number of urea groups is 1. The first-order chi connectivity index (χ1) is 9.72. The van der Waals surface area contributed by atoms with Crippen LogP contribution in [0.2, 0.25) is 0 Å². The van der Waals surface area contributed by atoms with Gasteiger partial charge in [0, 0.05) is 31.6 Å². The van der Waals surface area contributed by atoms with Crippen molar-refractivity contribution >= 4 is 6.03 Å². The molecule has 2 amide bonds. The summed E-state index contributed by atoms with van der Waals surface area (Å²) < 4.78 is 10.6. The van der Waals surface area contributed by atoms with Crippen molar-refractivity contribution in [3.8, 4) is 11.8 Å². The summed E-state index contributed by atoms with van der Waals surface area (Å²) in [5, 5.41) is 10.5. The predicted molar refractivity (Wildman–Crippen MR) is 72.8 cm³/mol. The van der Waals surface area contributed by atoms with Crippen LogP contribution >= 0.6 is 0 Å². The number of methoxy groups -OCH3 is 1. The predicted octanol–water partition coefficient (Wildman–Crippen LogP) is 0.834. The van der Waals surface area contributed by atoms with Gasteiger partial charge in [0.15, 0.2) is 0 Å². The Morgan fingerprint density at radius 2 is 2.30 bits per heavy atom. The van der Waals surface area contributed by atoms with Gasteiger partial charge in [-0.1, -0.05) is 6.08 Å². The molecule has 2 heterocycles. The zero-order chi connectivity index (χ0) is 14.4. The molecule has 1 N–H and O–H groups in total. The van der Waals surface area contributed by atoms with Gasteiger partial charge in [-0.25, -0.2) is 4.79 Å². The Balaban J connectivity index is 1.83. The zero-order valence-corrected chi connectivity index (χ0v) is 11.4. The molecule has 0 radical (unpaired) electrons. The molecule has 0 aliphatic carbocycles. The second kappa shape index (κ2) is 6.74. The highest BCUT2D eigenvalue weighted by atomic mass is 16.5. The summed E-state index contributed by atoms with van der Waals surface area (Å²) in [7, 11) is 1.53. The molecule has 1 aliphatic heterocycles. The smallest absolute Gasteiger partial charge is 0.317 e. The molecule has 20 heavy (non-hydrogen) atoms. The van der Waals surface area contributed by atoms with Crippen molar-refractivity contribution in [1.29, 1.82) is 0 Å². The maximum atomic E-state index is 11.8. The van der Waals surface area contributed by atoms with Gasteiger partial charge in [-0.3, -0.25) is 0 Å². The van der Waals surface area contributed by atoms with Gasteiger partial charge in [0.2, 0.25) is 11.8 Å². The molecule has 0 spiro atoms. The molecular formula is C13H18N4O3. The number of hydrogen-bond acceptors (Lipinski definition) is 5. The van der Waals surface area contributed by atoms with E-state index in [0.29, 0.717) is 31.4 Å². The highest BCUT2D eigenvalue weighted by Gasteiger charge is 2.27. The molecule has 1 fully saturated rings. The first-order valence-electron chi connectivity index (χ1n) is 6.41. The van der Waals surface area contributed by atoms with Crippen molar-refractivity contribution in [2.24, 2.45) is 0 Å². The van der Waals surface area contributed by atoms with E-state index in [0.717, 1.165) is 6.42 Å². The molecule has 1 unspecified atom stereocenters. The van der Waals surface area contributed by atoms with Gasteiger partial charge < -0.3 is 19.7 Å². The van der Waals surface area contributed by atoms with Crippen LogP contribution in [-0.4, -0.2) is 54.0 Å². The van der Waals surface area contributed by atoms with Crippen LogP contribution in [0.15, 0.2) is 24.8 Å². The van der Waals surface area contributed by atoms with Crippen molar-refractivity contribution in [1.82, 2.24) is 20.4 Å². The van der Waals surface area contributed by atoms with Crippen molar-refractivity contribution in [2.45, 2.75) is 12.5 Å². The minimum Gasteiger partial charge on any atom is -0.480 e. The summed E-state index contributed by atoms with van der Waals surface area (Å²) in [6, 6.07) is 3.29. The molecule has 7 nitrogen and oxygen atoms in total. The lowest BCUT2D eigenvalue weighted by molar-refractivity contribution is 0.182. The number of rotatable bonds is 5. The van der Waals surface area contributed by atoms with E-state index in [9.17, 15) is 4.79 Å². The molecule has 0 bridgehead atoms. The van der Waals surface area contributed by atoms with Crippen LogP contribution in [0, 0.1) is 0 Å². The number of ether oxygens (including phenoxy) is 2. The lowest BCUT2D eigenvalue weighted by Crippen LogP contribution is -2.39. The SMILES string of the molecule is C=CCNC(=O)N1CCC(Oc2ccc(OC)nn2)C1. The van der Waals surface area contributed by atoms with E-state index in [1.54, 1.807) is 23.1 Å². The van der Waals surface area contributed by atoms with Gasteiger partial charge in [0.1, 0.15) is 6.10 Å². The monoisotopic (exact) mass is 278 g/mol. The number of amides is 2. The van der Waals surface area contributed by atoms with Crippen LogP contribution in [0.4, 0.5) is 4.79 Å². The van der Waals surface area contributed by atoms with E-state index in [2.05, 4.69) is 22.1 Å². The second-order valence-electron chi connectivity index (χ2n) is 4.36. The molecule has 0 saturated carbocycles. The standard InChI is InChI=1S/C13H18N4O3/c1-3-7-14-13(18)17-8-6-10(9-17)20-12-5-4-11(19-2)15-16-12/h3-5,10H,1,6-9H2,2H3,(H,14,18). The molecule has 108 valence electrons. The lowest BCUT2D eigenvalue weighted by atomic mass is 10.3. The minimum atomic E-state index is -0.100. The molecule has 1 atom stereocenters. The summed E-state index contributed by atoms with van der Waals surface area (Å²) in [4.78, 5) is 13.5. The summed E-state index contributed by atoms with van der Waals surface area (Å²) in [6.45, 7) is 5.23. The third kappa shape index (κ3) is 3.59. The largest absolute Gasteiger partial charge is 0.480 e. The van der Waals surface area contributed by atoms with Gasteiger partial charge in [-0.05, 0) is 0 Å². The van der Waals surface area contributed by atoms with Crippen LogP contribution in [0.3, 0.4) is 0 Å². The third-order valence-corrected chi connectivity index (χ3v) is 2.94. The van der Waals surface area contributed by atoms with E-state index in [1.165, 1.54) is 7.11 Å². The Hall–Kier alpha value is -2.31. The maximum Gasteiger partial charge on any atom is 0.317 e.